The predicted octanol–water partition coefficient (Wildman–Crippen LogP) is 3.49. The van der Waals surface area contributed by atoms with Gasteiger partial charge in [-0.2, -0.15) is 9.97 Å². The first-order valence-electron chi connectivity index (χ1n) is 9.22. The molecule has 1 aromatic heterocycles. The Hall–Kier alpha value is -2.54. The van der Waals surface area contributed by atoms with E-state index >= 15 is 0 Å². The third-order valence-electron chi connectivity index (χ3n) is 4.40. The SMILES string of the molecule is CCc1nc(NC2=NCC=C2)nc(Sc2ccc(CC(=O)C3CC3)cc2)n1. The molecule has 1 aliphatic carbocycles. The summed E-state index contributed by atoms with van der Waals surface area (Å²) in [4.78, 5) is 30.7. The van der Waals surface area contributed by atoms with Crippen molar-refractivity contribution in [3.8, 4) is 0 Å². The van der Waals surface area contributed by atoms with Gasteiger partial charge < -0.3 is 5.32 Å². The number of aromatic nitrogens is 3. The molecular formula is C20H21N5OS. The maximum Gasteiger partial charge on any atom is 0.232 e. The van der Waals surface area contributed by atoms with Crippen LogP contribution in [0.5, 0.6) is 0 Å². The molecule has 1 aliphatic heterocycles. The maximum absolute atomic E-state index is 11.9. The van der Waals surface area contributed by atoms with E-state index in [0.29, 0.717) is 35.8 Å². The quantitative estimate of drug-likeness (QED) is 0.793. The van der Waals surface area contributed by atoms with Crippen molar-refractivity contribution in [2.24, 2.45) is 10.9 Å². The first-order valence-corrected chi connectivity index (χ1v) is 10.0. The second-order valence-corrected chi connectivity index (χ2v) is 7.67. The zero-order chi connectivity index (χ0) is 18.6. The number of rotatable bonds is 7. The molecule has 27 heavy (non-hydrogen) atoms. The molecular weight excluding hydrogens is 358 g/mol. The monoisotopic (exact) mass is 379 g/mol. The van der Waals surface area contributed by atoms with E-state index in [9.17, 15) is 4.79 Å². The second-order valence-electron chi connectivity index (χ2n) is 6.63. The molecule has 0 atom stereocenters. The van der Waals surface area contributed by atoms with Gasteiger partial charge in [0.2, 0.25) is 5.95 Å². The zero-order valence-corrected chi connectivity index (χ0v) is 16.0. The largest absolute Gasteiger partial charge is 0.309 e. The fourth-order valence-electron chi connectivity index (χ4n) is 2.75. The van der Waals surface area contributed by atoms with Crippen LogP contribution >= 0.6 is 11.8 Å². The van der Waals surface area contributed by atoms with Gasteiger partial charge in [-0.05, 0) is 48.4 Å². The molecule has 6 nitrogen and oxygen atoms in total. The fraction of sp³-hybridized carbons (Fsp3) is 0.350. The van der Waals surface area contributed by atoms with Gasteiger partial charge in [0.25, 0.3) is 0 Å². The smallest absolute Gasteiger partial charge is 0.232 e. The van der Waals surface area contributed by atoms with Crippen molar-refractivity contribution in [1.29, 1.82) is 0 Å². The van der Waals surface area contributed by atoms with Gasteiger partial charge in [-0.15, -0.1) is 0 Å². The summed E-state index contributed by atoms with van der Waals surface area (Å²) in [6, 6.07) is 8.07. The lowest BCUT2D eigenvalue weighted by Crippen LogP contribution is -2.12. The summed E-state index contributed by atoms with van der Waals surface area (Å²) in [6.45, 7) is 2.71. The van der Waals surface area contributed by atoms with E-state index < -0.39 is 0 Å². The Balaban J connectivity index is 1.45. The van der Waals surface area contributed by atoms with E-state index in [2.05, 4.69) is 25.3 Å². The number of benzene rings is 1. The van der Waals surface area contributed by atoms with Crippen LogP contribution < -0.4 is 5.32 Å². The molecule has 2 aliphatic rings. The Morgan fingerprint density at radius 1 is 1.19 bits per heavy atom. The van der Waals surface area contributed by atoms with Gasteiger partial charge in [0.15, 0.2) is 5.16 Å². The number of Topliss-reactive ketones (excluding diaryl/α,β-unsaturated/α-hetero) is 1. The van der Waals surface area contributed by atoms with Gasteiger partial charge in [-0.3, -0.25) is 9.79 Å². The number of aliphatic imine (C=N–C) groups is 1. The molecule has 1 fully saturated rings. The third-order valence-corrected chi connectivity index (χ3v) is 5.28. The normalized spacial score (nSPS) is 15.7. The van der Waals surface area contributed by atoms with Crippen LogP contribution in [0.25, 0.3) is 0 Å². The van der Waals surface area contributed by atoms with Crippen molar-refractivity contribution in [3.05, 3.63) is 47.8 Å². The van der Waals surface area contributed by atoms with Crippen LogP contribution in [0.15, 0.2) is 51.5 Å². The second kappa shape index (κ2) is 8.00. The summed E-state index contributed by atoms with van der Waals surface area (Å²) in [5.74, 6) is 2.69. The number of aryl methyl sites for hydroxylation is 1. The summed E-state index contributed by atoms with van der Waals surface area (Å²) < 4.78 is 0. The molecule has 0 spiro atoms. The number of hydrogen-bond acceptors (Lipinski definition) is 7. The van der Waals surface area contributed by atoms with E-state index in [4.69, 9.17) is 0 Å². The van der Waals surface area contributed by atoms with E-state index in [1.807, 2.05) is 43.3 Å². The van der Waals surface area contributed by atoms with Gasteiger partial charge in [0, 0.05) is 23.7 Å². The van der Waals surface area contributed by atoms with E-state index in [-0.39, 0.29) is 0 Å². The lowest BCUT2D eigenvalue weighted by Gasteiger charge is -2.08. The van der Waals surface area contributed by atoms with Crippen LogP contribution in [0.4, 0.5) is 5.95 Å². The highest BCUT2D eigenvalue weighted by Gasteiger charge is 2.28. The molecule has 4 rings (SSSR count). The van der Waals surface area contributed by atoms with E-state index in [1.54, 1.807) is 0 Å². The zero-order valence-electron chi connectivity index (χ0n) is 15.2. The molecule has 1 N–H and O–H groups in total. The summed E-state index contributed by atoms with van der Waals surface area (Å²) in [5, 5.41) is 3.79. The number of carbonyl (C=O) groups is 1. The summed E-state index contributed by atoms with van der Waals surface area (Å²) in [7, 11) is 0. The van der Waals surface area contributed by atoms with Crippen molar-refractivity contribution < 1.29 is 4.79 Å². The Kier molecular flexibility index (Phi) is 5.29. The molecule has 2 heterocycles. The Morgan fingerprint density at radius 2 is 2.00 bits per heavy atom. The van der Waals surface area contributed by atoms with Gasteiger partial charge >= 0.3 is 0 Å². The molecule has 0 unspecified atom stereocenters. The van der Waals surface area contributed by atoms with Crippen molar-refractivity contribution in [2.45, 2.75) is 42.7 Å². The van der Waals surface area contributed by atoms with Gasteiger partial charge in [0.05, 0.1) is 6.54 Å². The van der Waals surface area contributed by atoms with Crippen LogP contribution in [0.1, 0.15) is 31.2 Å². The van der Waals surface area contributed by atoms with Crippen LogP contribution in [0.3, 0.4) is 0 Å². The Labute approximate surface area is 162 Å². The molecule has 1 saturated carbocycles. The summed E-state index contributed by atoms with van der Waals surface area (Å²) >= 11 is 1.49. The fourth-order valence-corrected chi connectivity index (χ4v) is 3.52. The number of nitrogens with one attached hydrogen (secondary N) is 1. The predicted molar refractivity (Wildman–Crippen MR) is 106 cm³/mol. The number of hydrogen-bond donors (Lipinski definition) is 1. The number of carbonyl (C=O) groups excluding carboxylic acids is 1. The first kappa shape index (κ1) is 17.9. The molecule has 2 aromatic rings. The molecule has 1 aromatic carbocycles. The third kappa shape index (κ3) is 4.80. The topological polar surface area (TPSA) is 80.1 Å². The van der Waals surface area contributed by atoms with Gasteiger partial charge in [0.1, 0.15) is 17.4 Å². The highest BCUT2D eigenvalue weighted by atomic mass is 32.2. The minimum Gasteiger partial charge on any atom is -0.309 e. The average molecular weight is 379 g/mol. The highest BCUT2D eigenvalue weighted by molar-refractivity contribution is 7.99. The molecule has 0 radical (unpaired) electrons. The van der Waals surface area contributed by atoms with E-state index in [0.717, 1.165) is 41.4 Å². The van der Waals surface area contributed by atoms with Crippen LogP contribution in [0.2, 0.25) is 0 Å². The van der Waals surface area contributed by atoms with Crippen LogP contribution in [0, 0.1) is 5.92 Å². The van der Waals surface area contributed by atoms with Crippen molar-refractivity contribution in [2.75, 3.05) is 11.9 Å². The standard InChI is InChI=1S/C20H21N5OS/c1-2-17-22-19(23-18-4-3-11-21-18)25-20(24-17)27-15-9-5-13(6-10-15)12-16(26)14-7-8-14/h3-6,9-10,14H,2,7-8,11-12H2,1H3,(H,21,22,23,24,25). The number of ketones is 1. The highest BCUT2D eigenvalue weighted by Crippen LogP contribution is 2.31. The number of amidine groups is 1. The van der Waals surface area contributed by atoms with Crippen LogP contribution in [-0.4, -0.2) is 33.1 Å². The summed E-state index contributed by atoms with van der Waals surface area (Å²) in [5.41, 5.74) is 1.06. The maximum atomic E-state index is 11.9. The minimum atomic E-state index is 0.307. The van der Waals surface area contributed by atoms with Gasteiger partial charge in [-0.25, -0.2) is 4.98 Å². The van der Waals surface area contributed by atoms with Gasteiger partial charge in [-0.1, -0.05) is 25.1 Å². The van der Waals surface area contributed by atoms with Crippen LogP contribution in [-0.2, 0) is 17.6 Å². The van der Waals surface area contributed by atoms with Crippen molar-refractivity contribution >= 4 is 29.3 Å². The molecule has 138 valence electrons. The first-order chi connectivity index (χ1) is 13.2. The number of anilines is 1. The molecule has 0 bridgehead atoms. The lowest BCUT2D eigenvalue weighted by molar-refractivity contribution is -0.119. The lowest BCUT2D eigenvalue weighted by atomic mass is 10.1. The minimum absolute atomic E-state index is 0.307. The Bertz CT molecular complexity index is 903. The van der Waals surface area contributed by atoms with Crippen molar-refractivity contribution in [1.82, 2.24) is 15.0 Å². The average Bonchev–Trinajstić information content (AvgIpc) is 3.41. The van der Waals surface area contributed by atoms with Crippen molar-refractivity contribution in [3.63, 3.8) is 0 Å². The number of nitrogens with zero attached hydrogens (tertiary/aromatic N) is 4. The molecule has 0 amide bonds. The van der Waals surface area contributed by atoms with E-state index in [1.165, 1.54) is 11.8 Å². The summed E-state index contributed by atoms with van der Waals surface area (Å²) in [6.07, 6.45) is 7.29. The Morgan fingerprint density at radius 3 is 2.67 bits per heavy atom. The molecule has 0 saturated heterocycles. The molecule has 7 heteroatoms.